The van der Waals surface area contributed by atoms with Crippen LogP contribution in [0.4, 0.5) is 0 Å². The van der Waals surface area contributed by atoms with Gasteiger partial charge in [0, 0.05) is 38.3 Å². The van der Waals surface area contributed by atoms with E-state index >= 15 is 0 Å². The van der Waals surface area contributed by atoms with E-state index < -0.39 is 0 Å². The highest BCUT2D eigenvalue weighted by Crippen LogP contribution is 2.36. The van der Waals surface area contributed by atoms with Crippen molar-refractivity contribution in [1.82, 2.24) is 4.90 Å². The molecule has 0 N–H and O–H groups in total. The summed E-state index contributed by atoms with van der Waals surface area (Å²) >= 11 is 0. The van der Waals surface area contributed by atoms with Gasteiger partial charge in [0.25, 0.3) is 5.91 Å². The van der Waals surface area contributed by atoms with Crippen LogP contribution in [0.5, 0.6) is 0 Å². The number of hydrogen-bond acceptors (Lipinski definition) is 3. The van der Waals surface area contributed by atoms with E-state index in [-0.39, 0.29) is 11.5 Å². The molecule has 0 aliphatic carbocycles. The molecule has 1 atom stereocenters. The Hall–Kier alpha value is -1.39. The molecular formula is C21H31NO3. The highest BCUT2D eigenvalue weighted by atomic mass is 16.5. The van der Waals surface area contributed by atoms with Crippen molar-refractivity contribution in [1.29, 1.82) is 0 Å². The molecule has 2 aliphatic heterocycles. The van der Waals surface area contributed by atoms with Crippen molar-refractivity contribution in [2.45, 2.75) is 64.1 Å². The van der Waals surface area contributed by atoms with Crippen LogP contribution in [0.15, 0.2) is 24.3 Å². The van der Waals surface area contributed by atoms with Crippen molar-refractivity contribution < 1.29 is 14.3 Å². The lowest BCUT2D eigenvalue weighted by molar-refractivity contribution is -0.151. The van der Waals surface area contributed by atoms with E-state index in [1.54, 1.807) is 0 Å². The van der Waals surface area contributed by atoms with Crippen LogP contribution < -0.4 is 0 Å². The maximum Gasteiger partial charge on any atom is 0.253 e. The lowest BCUT2D eigenvalue weighted by Crippen LogP contribution is -2.52. The van der Waals surface area contributed by atoms with Crippen molar-refractivity contribution >= 4 is 5.91 Å². The number of carbonyl (C=O) groups excluding carboxylic acids is 1. The summed E-state index contributed by atoms with van der Waals surface area (Å²) in [6.07, 6.45) is 4.08. The fraction of sp³-hybridized carbons (Fsp3) is 0.667. The van der Waals surface area contributed by atoms with Crippen molar-refractivity contribution in [2.75, 3.05) is 26.3 Å². The zero-order valence-corrected chi connectivity index (χ0v) is 15.8. The highest BCUT2D eigenvalue weighted by Gasteiger charge is 2.41. The Balaban J connectivity index is 1.59. The number of piperidine rings is 1. The predicted molar refractivity (Wildman–Crippen MR) is 99.0 cm³/mol. The minimum Gasteiger partial charge on any atom is -0.378 e. The van der Waals surface area contributed by atoms with Gasteiger partial charge in [-0.3, -0.25) is 4.79 Å². The number of rotatable bonds is 4. The molecule has 4 heteroatoms. The Morgan fingerprint density at radius 2 is 1.96 bits per heavy atom. The van der Waals surface area contributed by atoms with Crippen LogP contribution in [0.25, 0.3) is 0 Å². The van der Waals surface area contributed by atoms with E-state index in [9.17, 15) is 4.79 Å². The molecule has 1 aromatic carbocycles. The van der Waals surface area contributed by atoms with Crippen LogP contribution in [0.3, 0.4) is 0 Å². The molecule has 1 spiro atoms. The van der Waals surface area contributed by atoms with E-state index in [0.29, 0.717) is 12.0 Å². The second-order valence-electron chi connectivity index (χ2n) is 7.67. The second-order valence-corrected chi connectivity index (χ2v) is 7.67. The number of hydrogen-bond donors (Lipinski definition) is 0. The molecule has 0 saturated carbocycles. The third-order valence-corrected chi connectivity index (χ3v) is 5.64. The van der Waals surface area contributed by atoms with Gasteiger partial charge >= 0.3 is 0 Å². The molecule has 138 valence electrons. The van der Waals surface area contributed by atoms with Crippen molar-refractivity contribution in [3.05, 3.63) is 35.4 Å². The minimum atomic E-state index is -0.0869. The molecule has 2 heterocycles. The van der Waals surface area contributed by atoms with Crippen LogP contribution in [0.1, 0.15) is 68.3 Å². The number of likely N-dealkylation sites (tertiary alicyclic amines) is 1. The molecule has 4 nitrogen and oxygen atoms in total. The monoisotopic (exact) mass is 345 g/mol. The standard InChI is InChI=1S/C21H31NO3/c1-4-24-19-9-14-25-21(15-19)10-12-22(13-11-21)20(23)18-7-5-17(6-8-18)16(2)3/h5-8,16,19H,4,9-15H2,1-3H3. The molecular weight excluding hydrogens is 314 g/mol. The van der Waals surface area contributed by atoms with Gasteiger partial charge < -0.3 is 14.4 Å². The average molecular weight is 345 g/mol. The van der Waals surface area contributed by atoms with Gasteiger partial charge in [0.2, 0.25) is 0 Å². The van der Waals surface area contributed by atoms with Gasteiger partial charge in [-0.2, -0.15) is 0 Å². The van der Waals surface area contributed by atoms with Gasteiger partial charge in [-0.05, 0) is 49.8 Å². The summed E-state index contributed by atoms with van der Waals surface area (Å²) in [5, 5.41) is 0. The van der Waals surface area contributed by atoms with Gasteiger partial charge in [0.05, 0.1) is 11.7 Å². The van der Waals surface area contributed by atoms with E-state index in [4.69, 9.17) is 9.47 Å². The first-order valence-corrected chi connectivity index (χ1v) is 9.68. The summed E-state index contributed by atoms with van der Waals surface area (Å²) in [5.74, 6) is 0.628. The van der Waals surface area contributed by atoms with Crippen LogP contribution in [0, 0.1) is 0 Å². The Bertz CT molecular complexity index is 571. The average Bonchev–Trinajstić information content (AvgIpc) is 2.62. The van der Waals surface area contributed by atoms with Crippen LogP contribution in [0.2, 0.25) is 0 Å². The zero-order valence-electron chi connectivity index (χ0n) is 15.8. The molecule has 2 fully saturated rings. The van der Waals surface area contributed by atoms with Gasteiger partial charge in [-0.15, -0.1) is 0 Å². The van der Waals surface area contributed by atoms with Gasteiger partial charge in [0.1, 0.15) is 0 Å². The lowest BCUT2D eigenvalue weighted by Gasteiger charge is -2.46. The summed E-state index contributed by atoms with van der Waals surface area (Å²) in [6.45, 7) is 9.45. The van der Waals surface area contributed by atoms with Crippen molar-refractivity contribution in [3.8, 4) is 0 Å². The van der Waals surface area contributed by atoms with E-state index in [1.807, 2.05) is 24.0 Å². The zero-order chi connectivity index (χ0) is 17.9. The molecule has 25 heavy (non-hydrogen) atoms. The third kappa shape index (κ3) is 4.24. The smallest absolute Gasteiger partial charge is 0.253 e. The van der Waals surface area contributed by atoms with E-state index in [2.05, 4.69) is 26.0 Å². The molecule has 2 saturated heterocycles. The summed E-state index contributed by atoms with van der Waals surface area (Å²) in [7, 11) is 0. The SMILES string of the molecule is CCOC1CCOC2(CCN(C(=O)c3ccc(C(C)C)cc3)CC2)C1. The molecule has 3 rings (SSSR count). The summed E-state index contributed by atoms with van der Waals surface area (Å²) in [4.78, 5) is 14.8. The Morgan fingerprint density at radius 3 is 2.56 bits per heavy atom. The topological polar surface area (TPSA) is 38.8 Å². The quantitative estimate of drug-likeness (QED) is 0.828. The van der Waals surface area contributed by atoms with Crippen LogP contribution >= 0.6 is 0 Å². The first-order chi connectivity index (χ1) is 12.0. The fourth-order valence-electron chi connectivity index (χ4n) is 4.02. The Morgan fingerprint density at radius 1 is 1.28 bits per heavy atom. The second kappa shape index (κ2) is 7.88. The highest BCUT2D eigenvalue weighted by molar-refractivity contribution is 5.94. The number of amides is 1. The first-order valence-electron chi connectivity index (χ1n) is 9.68. The molecule has 2 aliphatic rings. The molecule has 1 aromatic rings. The number of carbonyl (C=O) groups is 1. The van der Waals surface area contributed by atoms with E-state index in [1.165, 1.54) is 5.56 Å². The van der Waals surface area contributed by atoms with Gasteiger partial charge in [-0.1, -0.05) is 26.0 Å². The summed E-state index contributed by atoms with van der Waals surface area (Å²) < 4.78 is 12.0. The summed E-state index contributed by atoms with van der Waals surface area (Å²) in [6, 6.07) is 8.06. The van der Waals surface area contributed by atoms with Crippen LogP contribution in [-0.4, -0.2) is 48.8 Å². The molecule has 0 radical (unpaired) electrons. The molecule has 1 amide bonds. The van der Waals surface area contributed by atoms with Crippen molar-refractivity contribution in [2.24, 2.45) is 0 Å². The maximum absolute atomic E-state index is 12.8. The molecule has 0 aromatic heterocycles. The minimum absolute atomic E-state index is 0.0869. The third-order valence-electron chi connectivity index (χ3n) is 5.64. The molecule has 1 unspecified atom stereocenters. The van der Waals surface area contributed by atoms with Gasteiger partial charge in [0.15, 0.2) is 0 Å². The van der Waals surface area contributed by atoms with Gasteiger partial charge in [-0.25, -0.2) is 0 Å². The maximum atomic E-state index is 12.8. The number of benzene rings is 1. The van der Waals surface area contributed by atoms with Crippen LogP contribution in [-0.2, 0) is 9.47 Å². The predicted octanol–water partition coefficient (Wildman–Crippen LogP) is 4.00. The lowest BCUT2D eigenvalue weighted by atomic mass is 9.83. The first kappa shape index (κ1) is 18.4. The number of nitrogens with zero attached hydrogens (tertiary/aromatic N) is 1. The fourth-order valence-corrected chi connectivity index (χ4v) is 4.02. The Kier molecular flexibility index (Phi) is 5.80. The number of ether oxygens (including phenoxy) is 2. The largest absolute Gasteiger partial charge is 0.378 e. The Labute approximate surface area is 151 Å². The molecule has 0 bridgehead atoms. The normalized spacial score (nSPS) is 23.2. The van der Waals surface area contributed by atoms with Crippen molar-refractivity contribution in [3.63, 3.8) is 0 Å². The van der Waals surface area contributed by atoms with E-state index in [0.717, 1.165) is 57.6 Å². The summed E-state index contributed by atoms with van der Waals surface area (Å²) in [5.41, 5.74) is 1.97.